The molecule has 2 heterocycles. The number of rotatable bonds is 5. The topological polar surface area (TPSA) is 48.4 Å². The third kappa shape index (κ3) is 4.71. The third-order valence-electron chi connectivity index (χ3n) is 6.05. The molecule has 0 saturated carbocycles. The van der Waals surface area contributed by atoms with Gasteiger partial charge in [-0.15, -0.1) is 0 Å². The summed E-state index contributed by atoms with van der Waals surface area (Å²) in [5.74, 6) is 0.0649. The Morgan fingerprint density at radius 3 is 2.33 bits per heavy atom. The van der Waals surface area contributed by atoms with Gasteiger partial charge in [-0.1, -0.05) is 47.6 Å². The van der Waals surface area contributed by atoms with E-state index in [1.807, 2.05) is 47.4 Å². The van der Waals surface area contributed by atoms with E-state index in [1.165, 1.54) is 0 Å². The van der Waals surface area contributed by atoms with Gasteiger partial charge >= 0.3 is 0 Å². The third-order valence-corrected chi connectivity index (χ3v) is 6.05. The SMILES string of the molecule is CON=C1C[C@@H](CN2CCN(C)CC2)N(C(=O)c2ccc(-c3ccccc3)cc2)C1. The number of amides is 1. The second-order valence-corrected chi connectivity index (χ2v) is 8.18. The molecule has 2 saturated heterocycles. The minimum atomic E-state index is 0.0649. The summed E-state index contributed by atoms with van der Waals surface area (Å²) in [6.45, 7) is 5.63. The number of likely N-dealkylation sites (tertiary alicyclic amines) is 1. The van der Waals surface area contributed by atoms with Gasteiger partial charge in [-0.05, 0) is 30.3 Å². The predicted octanol–water partition coefficient (Wildman–Crippen LogP) is 2.82. The summed E-state index contributed by atoms with van der Waals surface area (Å²) in [6, 6.07) is 18.3. The van der Waals surface area contributed by atoms with Gasteiger partial charge in [-0.3, -0.25) is 9.69 Å². The van der Waals surface area contributed by atoms with Crippen molar-refractivity contribution in [2.24, 2.45) is 5.16 Å². The van der Waals surface area contributed by atoms with E-state index in [9.17, 15) is 4.79 Å². The molecule has 0 spiro atoms. The van der Waals surface area contributed by atoms with Crippen molar-refractivity contribution in [2.45, 2.75) is 12.5 Å². The van der Waals surface area contributed by atoms with E-state index in [1.54, 1.807) is 7.11 Å². The average molecular weight is 407 g/mol. The van der Waals surface area contributed by atoms with Crippen LogP contribution in [0.25, 0.3) is 11.1 Å². The Morgan fingerprint density at radius 2 is 1.67 bits per heavy atom. The first-order valence-corrected chi connectivity index (χ1v) is 10.6. The van der Waals surface area contributed by atoms with Crippen LogP contribution in [0, 0.1) is 0 Å². The lowest BCUT2D eigenvalue weighted by atomic mass is 10.0. The van der Waals surface area contributed by atoms with Crippen LogP contribution in [0.3, 0.4) is 0 Å². The molecule has 2 aliphatic heterocycles. The molecule has 30 heavy (non-hydrogen) atoms. The summed E-state index contributed by atoms with van der Waals surface area (Å²) in [4.78, 5) is 25.1. The van der Waals surface area contributed by atoms with E-state index >= 15 is 0 Å². The largest absolute Gasteiger partial charge is 0.399 e. The first kappa shape index (κ1) is 20.6. The van der Waals surface area contributed by atoms with Crippen molar-refractivity contribution in [3.63, 3.8) is 0 Å². The molecule has 0 bridgehead atoms. The number of nitrogens with zero attached hydrogens (tertiary/aromatic N) is 4. The Morgan fingerprint density at radius 1 is 1.00 bits per heavy atom. The van der Waals surface area contributed by atoms with Crippen molar-refractivity contribution < 1.29 is 9.63 Å². The summed E-state index contributed by atoms with van der Waals surface area (Å²) >= 11 is 0. The van der Waals surface area contributed by atoms with Crippen LogP contribution in [0.15, 0.2) is 59.8 Å². The number of piperazine rings is 1. The van der Waals surface area contributed by atoms with E-state index in [2.05, 4.69) is 34.1 Å². The van der Waals surface area contributed by atoms with Crippen LogP contribution in [-0.4, -0.2) is 85.8 Å². The minimum absolute atomic E-state index is 0.0649. The fourth-order valence-corrected chi connectivity index (χ4v) is 4.30. The molecular weight excluding hydrogens is 376 g/mol. The molecule has 2 aliphatic rings. The second-order valence-electron chi connectivity index (χ2n) is 8.18. The van der Waals surface area contributed by atoms with Crippen molar-refractivity contribution >= 4 is 11.6 Å². The van der Waals surface area contributed by atoms with Crippen LogP contribution in [0.1, 0.15) is 16.8 Å². The summed E-state index contributed by atoms with van der Waals surface area (Å²) < 4.78 is 0. The number of carbonyl (C=O) groups is 1. The standard InChI is InChI=1S/C24H30N4O2/c1-26-12-14-27(15-13-26)18-23-16-22(25-30-2)17-28(23)24(29)21-10-8-20(9-11-21)19-6-4-3-5-7-19/h3-11,23H,12-18H2,1-2H3/t23-/m0/s1. The van der Waals surface area contributed by atoms with Crippen LogP contribution >= 0.6 is 0 Å². The molecule has 158 valence electrons. The summed E-state index contributed by atoms with van der Waals surface area (Å²) in [7, 11) is 3.72. The molecular formula is C24H30N4O2. The monoisotopic (exact) mass is 406 g/mol. The second kappa shape index (κ2) is 9.41. The van der Waals surface area contributed by atoms with Gasteiger partial charge in [-0.2, -0.15) is 0 Å². The highest BCUT2D eigenvalue weighted by Crippen LogP contribution is 2.23. The van der Waals surface area contributed by atoms with Gasteiger partial charge in [0.1, 0.15) is 7.11 Å². The minimum Gasteiger partial charge on any atom is -0.399 e. The molecule has 0 unspecified atom stereocenters. The van der Waals surface area contributed by atoms with Gasteiger partial charge in [-0.25, -0.2) is 0 Å². The van der Waals surface area contributed by atoms with Gasteiger partial charge in [0.25, 0.3) is 5.91 Å². The predicted molar refractivity (Wildman–Crippen MR) is 120 cm³/mol. The summed E-state index contributed by atoms with van der Waals surface area (Å²) in [5.41, 5.74) is 3.92. The average Bonchev–Trinajstić information content (AvgIpc) is 3.18. The number of carbonyl (C=O) groups excluding carboxylic acids is 1. The Balaban J connectivity index is 1.49. The molecule has 0 aliphatic carbocycles. The molecule has 6 nitrogen and oxygen atoms in total. The smallest absolute Gasteiger partial charge is 0.254 e. The van der Waals surface area contributed by atoms with Gasteiger partial charge in [0, 0.05) is 44.7 Å². The highest BCUT2D eigenvalue weighted by molar-refractivity contribution is 6.00. The van der Waals surface area contributed by atoms with Gasteiger partial charge < -0.3 is 14.6 Å². The van der Waals surface area contributed by atoms with E-state index in [4.69, 9.17) is 4.84 Å². The van der Waals surface area contributed by atoms with E-state index in [-0.39, 0.29) is 11.9 Å². The van der Waals surface area contributed by atoms with Crippen LogP contribution in [-0.2, 0) is 4.84 Å². The van der Waals surface area contributed by atoms with Crippen LogP contribution in [0.5, 0.6) is 0 Å². The molecule has 1 atom stereocenters. The lowest BCUT2D eigenvalue weighted by Gasteiger charge is -2.35. The lowest BCUT2D eigenvalue weighted by molar-refractivity contribution is 0.0669. The Hall–Kier alpha value is -2.70. The molecule has 0 radical (unpaired) electrons. The fraction of sp³-hybridized carbons (Fsp3) is 0.417. The van der Waals surface area contributed by atoms with Crippen molar-refractivity contribution in [3.8, 4) is 11.1 Å². The number of hydrogen-bond acceptors (Lipinski definition) is 5. The molecule has 1 amide bonds. The van der Waals surface area contributed by atoms with Crippen LogP contribution < -0.4 is 0 Å². The van der Waals surface area contributed by atoms with Gasteiger partial charge in [0.05, 0.1) is 18.3 Å². The molecule has 2 aromatic carbocycles. The van der Waals surface area contributed by atoms with Crippen LogP contribution in [0.2, 0.25) is 0 Å². The molecule has 2 fully saturated rings. The Kier molecular flexibility index (Phi) is 6.45. The zero-order valence-electron chi connectivity index (χ0n) is 17.8. The number of benzene rings is 2. The Bertz CT molecular complexity index is 874. The van der Waals surface area contributed by atoms with Crippen molar-refractivity contribution in [2.75, 3.05) is 53.4 Å². The zero-order chi connectivity index (χ0) is 20.9. The highest BCUT2D eigenvalue weighted by atomic mass is 16.6. The number of likely N-dealkylation sites (N-methyl/N-ethyl adjacent to an activating group) is 1. The van der Waals surface area contributed by atoms with Crippen molar-refractivity contribution in [3.05, 3.63) is 60.2 Å². The van der Waals surface area contributed by atoms with Crippen molar-refractivity contribution in [1.29, 1.82) is 0 Å². The first-order valence-electron chi connectivity index (χ1n) is 10.6. The molecule has 0 N–H and O–H groups in total. The van der Waals surface area contributed by atoms with E-state index in [0.717, 1.165) is 61.5 Å². The maximum absolute atomic E-state index is 13.4. The maximum atomic E-state index is 13.4. The Labute approximate surface area is 178 Å². The van der Waals surface area contributed by atoms with Gasteiger partial charge in [0.2, 0.25) is 0 Å². The molecule has 0 aromatic heterocycles. The quantitative estimate of drug-likeness (QED) is 0.717. The highest BCUT2D eigenvalue weighted by Gasteiger charge is 2.35. The van der Waals surface area contributed by atoms with Crippen molar-refractivity contribution in [1.82, 2.24) is 14.7 Å². The summed E-state index contributed by atoms with van der Waals surface area (Å²) in [5, 5.41) is 4.16. The summed E-state index contributed by atoms with van der Waals surface area (Å²) in [6.07, 6.45) is 0.772. The fourth-order valence-electron chi connectivity index (χ4n) is 4.30. The van der Waals surface area contributed by atoms with E-state index < -0.39 is 0 Å². The molecule has 6 heteroatoms. The van der Waals surface area contributed by atoms with Gasteiger partial charge in [0.15, 0.2) is 0 Å². The number of hydrogen-bond donors (Lipinski definition) is 0. The normalized spacial score (nSPS) is 21.9. The lowest BCUT2D eigenvalue weighted by Crippen LogP contribution is -2.50. The molecule has 4 rings (SSSR count). The zero-order valence-corrected chi connectivity index (χ0v) is 17.8. The number of oxime groups is 1. The van der Waals surface area contributed by atoms with Crippen LogP contribution in [0.4, 0.5) is 0 Å². The van der Waals surface area contributed by atoms with E-state index in [0.29, 0.717) is 6.54 Å². The molecule has 2 aromatic rings. The first-order chi connectivity index (χ1) is 14.6. The maximum Gasteiger partial charge on any atom is 0.254 e.